The van der Waals surface area contributed by atoms with E-state index < -0.39 is 5.97 Å². The van der Waals surface area contributed by atoms with Crippen LogP contribution in [0.3, 0.4) is 0 Å². The van der Waals surface area contributed by atoms with Gasteiger partial charge in [-0.2, -0.15) is 0 Å². The highest BCUT2D eigenvalue weighted by Crippen LogP contribution is 2.12. The van der Waals surface area contributed by atoms with Crippen LogP contribution in [0.2, 0.25) is 0 Å². The van der Waals surface area contributed by atoms with E-state index in [2.05, 4.69) is 5.32 Å². The lowest BCUT2D eigenvalue weighted by Crippen LogP contribution is -2.38. The van der Waals surface area contributed by atoms with Crippen molar-refractivity contribution >= 4 is 17.6 Å². The third-order valence-corrected chi connectivity index (χ3v) is 3.06. The first-order valence-electron chi connectivity index (χ1n) is 6.63. The van der Waals surface area contributed by atoms with Crippen molar-refractivity contribution in [1.29, 1.82) is 0 Å². The molecule has 1 amide bonds. The predicted molar refractivity (Wildman–Crippen MR) is 78.3 cm³/mol. The van der Waals surface area contributed by atoms with Gasteiger partial charge in [-0.1, -0.05) is 13.8 Å². The molecule has 0 radical (unpaired) electrons. The Balaban J connectivity index is 2.53. The molecule has 5 heteroatoms. The zero-order valence-corrected chi connectivity index (χ0v) is 12.4. The van der Waals surface area contributed by atoms with Gasteiger partial charge in [-0.3, -0.25) is 4.79 Å². The molecule has 3 N–H and O–H groups in total. The Morgan fingerprint density at radius 3 is 2.45 bits per heavy atom. The number of amides is 1. The van der Waals surface area contributed by atoms with Crippen molar-refractivity contribution in [2.75, 3.05) is 12.3 Å². The van der Waals surface area contributed by atoms with E-state index in [0.29, 0.717) is 17.2 Å². The fourth-order valence-electron chi connectivity index (χ4n) is 1.61. The van der Waals surface area contributed by atoms with E-state index in [0.717, 1.165) is 5.56 Å². The lowest BCUT2D eigenvalue weighted by Gasteiger charge is -2.17. The molecule has 0 spiro atoms. The van der Waals surface area contributed by atoms with Gasteiger partial charge in [0.15, 0.2) is 6.61 Å². The zero-order valence-electron chi connectivity index (χ0n) is 12.4. The Bertz CT molecular complexity index is 478. The number of hydrogen-bond donors (Lipinski definition) is 2. The van der Waals surface area contributed by atoms with E-state index in [9.17, 15) is 9.59 Å². The lowest BCUT2D eigenvalue weighted by molar-refractivity contribution is -0.125. The monoisotopic (exact) mass is 278 g/mol. The minimum atomic E-state index is -0.548. The van der Waals surface area contributed by atoms with Crippen molar-refractivity contribution in [1.82, 2.24) is 5.32 Å². The second-order valence-corrected chi connectivity index (χ2v) is 5.31. The third-order valence-electron chi connectivity index (χ3n) is 3.06. The minimum Gasteiger partial charge on any atom is -0.452 e. The largest absolute Gasteiger partial charge is 0.452 e. The summed E-state index contributed by atoms with van der Waals surface area (Å²) in [6.07, 6.45) is 0. The Morgan fingerprint density at radius 1 is 1.25 bits per heavy atom. The Hall–Kier alpha value is -2.04. The molecule has 0 bridgehead atoms. The van der Waals surface area contributed by atoms with E-state index in [1.165, 1.54) is 6.07 Å². The summed E-state index contributed by atoms with van der Waals surface area (Å²) in [5.74, 6) is -0.529. The normalized spacial score (nSPS) is 12.1. The van der Waals surface area contributed by atoms with Crippen LogP contribution in [0.1, 0.15) is 36.7 Å². The second kappa shape index (κ2) is 6.93. The van der Waals surface area contributed by atoms with Crippen LogP contribution in [-0.2, 0) is 9.53 Å². The number of nitrogens with one attached hydrogen (secondary N) is 1. The molecule has 1 rings (SSSR count). The number of carbonyl (C=O) groups is 2. The van der Waals surface area contributed by atoms with Crippen molar-refractivity contribution in [3.05, 3.63) is 29.3 Å². The number of anilines is 1. The number of carbonyl (C=O) groups excluding carboxylic acids is 2. The summed E-state index contributed by atoms with van der Waals surface area (Å²) < 4.78 is 4.97. The highest BCUT2D eigenvalue weighted by Gasteiger charge is 2.14. The molecular weight excluding hydrogens is 256 g/mol. The first-order chi connectivity index (χ1) is 9.29. The molecule has 1 unspecified atom stereocenters. The molecule has 1 aromatic rings. The Kier molecular flexibility index (Phi) is 5.55. The molecule has 110 valence electrons. The SMILES string of the molecule is Cc1cc(N)cc(C(=O)OCC(=O)NC(C)C(C)C)c1. The van der Waals surface area contributed by atoms with Gasteiger partial charge in [0.05, 0.1) is 5.56 Å². The maximum absolute atomic E-state index is 11.8. The van der Waals surface area contributed by atoms with Crippen LogP contribution in [0.5, 0.6) is 0 Å². The van der Waals surface area contributed by atoms with Crippen LogP contribution >= 0.6 is 0 Å². The molecule has 0 aliphatic heterocycles. The zero-order chi connectivity index (χ0) is 15.3. The van der Waals surface area contributed by atoms with E-state index in [1.807, 2.05) is 27.7 Å². The maximum atomic E-state index is 11.8. The van der Waals surface area contributed by atoms with E-state index in [1.54, 1.807) is 12.1 Å². The summed E-state index contributed by atoms with van der Waals surface area (Å²) in [6.45, 7) is 7.47. The number of hydrogen-bond acceptors (Lipinski definition) is 4. The van der Waals surface area contributed by atoms with Crippen LogP contribution in [0.15, 0.2) is 18.2 Å². The molecular formula is C15H22N2O3. The summed E-state index contributed by atoms with van der Waals surface area (Å²) in [6, 6.07) is 5.00. The van der Waals surface area contributed by atoms with Gasteiger partial charge in [0.2, 0.25) is 0 Å². The average Bonchev–Trinajstić information content (AvgIpc) is 2.34. The van der Waals surface area contributed by atoms with Crippen LogP contribution in [-0.4, -0.2) is 24.5 Å². The van der Waals surface area contributed by atoms with E-state index in [-0.39, 0.29) is 18.6 Å². The Labute approximate surface area is 119 Å². The van der Waals surface area contributed by atoms with Crippen molar-refractivity contribution in [3.63, 3.8) is 0 Å². The van der Waals surface area contributed by atoms with Gasteiger partial charge in [0.25, 0.3) is 5.91 Å². The average molecular weight is 278 g/mol. The quantitative estimate of drug-likeness (QED) is 0.636. The number of aryl methyl sites for hydroxylation is 1. The standard InChI is InChI=1S/C15H22N2O3/c1-9(2)11(4)17-14(18)8-20-15(19)12-5-10(3)6-13(16)7-12/h5-7,9,11H,8,16H2,1-4H3,(H,17,18). The highest BCUT2D eigenvalue weighted by atomic mass is 16.5. The molecule has 0 saturated heterocycles. The van der Waals surface area contributed by atoms with Crippen molar-refractivity contribution in [3.8, 4) is 0 Å². The maximum Gasteiger partial charge on any atom is 0.338 e. The third kappa shape index (κ3) is 4.91. The summed E-state index contributed by atoms with van der Waals surface area (Å²) in [7, 11) is 0. The fraction of sp³-hybridized carbons (Fsp3) is 0.467. The van der Waals surface area contributed by atoms with Crippen LogP contribution in [0.4, 0.5) is 5.69 Å². The van der Waals surface area contributed by atoms with E-state index >= 15 is 0 Å². The summed E-state index contributed by atoms with van der Waals surface area (Å²) in [4.78, 5) is 23.4. The van der Waals surface area contributed by atoms with Gasteiger partial charge in [-0.25, -0.2) is 4.79 Å². The van der Waals surface area contributed by atoms with Gasteiger partial charge in [0.1, 0.15) is 0 Å². The smallest absolute Gasteiger partial charge is 0.338 e. The van der Waals surface area contributed by atoms with E-state index in [4.69, 9.17) is 10.5 Å². The first-order valence-corrected chi connectivity index (χ1v) is 6.63. The molecule has 0 saturated carbocycles. The minimum absolute atomic E-state index is 0.0378. The van der Waals surface area contributed by atoms with Crippen LogP contribution in [0, 0.1) is 12.8 Å². The molecule has 20 heavy (non-hydrogen) atoms. The second-order valence-electron chi connectivity index (χ2n) is 5.31. The molecule has 0 heterocycles. The lowest BCUT2D eigenvalue weighted by atomic mass is 10.1. The van der Waals surface area contributed by atoms with Crippen molar-refractivity contribution < 1.29 is 14.3 Å². The topological polar surface area (TPSA) is 81.4 Å². The Morgan fingerprint density at radius 2 is 1.90 bits per heavy atom. The molecule has 0 aromatic heterocycles. The molecule has 5 nitrogen and oxygen atoms in total. The molecule has 1 atom stereocenters. The van der Waals surface area contributed by atoms with Crippen LogP contribution < -0.4 is 11.1 Å². The predicted octanol–water partition coefficient (Wildman–Crippen LogP) is 1.89. The van der Waals surface area contributed by atoms with Gasteiger partial charge < -0.3 is 15.8 Å². The summed E-state index contributed by atoms with van der Waals surface area (Å²) in [5.41, 5.74) is 7.38. The summed E-state index contributed by atoms with van der Waals surface area (Å²) >= 11 is 0. The summed E-state index contributed by atoms with van der Waals surface area (Å²) in [5, 5.41) is 2.77. The number of esters is 1. The molecule has 0 aliphatic carbocycles. The number of nitrogen functional groups attached to an aromatic ring is 1. The number of nitrogens with two attached hydrogens (primary N) is 1. The van der Waals surface area contributed by atoms with Crippen molar-refractivity contribution in [2.45, 2.75) is 33.7 Å². The van der Waals surface area contributed by atoms with Crippen molar-refractivity contribution in [2.24, 2.45) is 5.92 Å². The molecule has 1 aromatic carbocycles. The van der Waals surface area contributed by atoms with Gasteiger partial charge in [-0.15, -0.1) is 0 Å². The van der Waals surface area contributed by atoms with Crippen LogP contribution in [0.25, 0.3) is 0 Å². The number of benzene rings is 1. The van der Waals surface area contributed by atoms with Gasteiger partial charge in [0, 0.05) is 11.7 Å². The highest BCUT2D eigenvalue weighted by molar-refractivity contribution is 5.92. The van der Waals surface area contributed by atoms with Gasteiger partial charge in [-0.05, 0) is 43.5 Å². The van der Waals surface area contributed by atoms with Gasteiger partial charge >= 0.3 is 5.97 Å². The molecule has 0 aliphatic rings. The number of rotatable bonds is 5. The number of ether oxygens (including phenoxy) is 1. The first kappa shape index (κ1) is 16.0. The molecule has 0 fully saturated rings. The fourth-order valence-corrected chi connectivity index (χ4v) is 1.61.